The number of halogens is 1. The molecule has 0 saturated heterocycles. The molecule has 0 heterocycles. The number of hydrogen-bond donors (Lipinski definition) is 0. The summed E-state index contributed by atoms with van der Waals surface area (Å²) in [6, 6.07) is 10.3. The second-order valence-corrected chi connectivity index (χ2v) is 3.35. The Balaban J connectivity index is 2.56. The number of rotatable bonds is 5. The summed E-state index contributed by atoms with van der Waals surface area (Å²) in [5.74, 6) is 1.08. The van der Waals surface area contributed by atoms with E-state index in [0.717, 1.165) is 13.0 Å². The van der Waals surface area contributed by atoms with Gasteiger partial charge in [-0.05, 0) is 17.9 Å². The topological polar surface area (TPSA) is 9.23 Å². The van der Waals surface area contributed by atoms with Crippen LogP contribution in [0.4, 0.5) is 0 Å². The first kappa shape index (κ1) is 10.6. The molecule has 0 N–H and O–H groups in total. The SMILES string of the molecule is COCCC(CCl)c1ccccc1. The Labute approximate surface area is 84.7 Å². The monoisotopic (exact) mass is 198 g/mol. The highest BCUT2D eigenvalue weighted by molar-refractivity contribution is 6.18. The zero-order valence-corrected chi connectivity index (χ0v) is 8.63. The van der Waals surface area contributed by atoms with Gasteiger partial charge in [0, 0.05) is 19.6 Å². The molecule has 0 aliphatic heterocycles. The molecule has 72 valence electrons. The van der Waals surface area contributed by atoms with E-state index in [-0.39, 0.29) is 0 Å². The minimum Gasteiger partial charge on any atom is -0.385 e. The summed E-state index contributed by atoms with van der Waals surface area (Å²) in [5.41, 5.74) is 1.30. The van der Waals surface area contributed by atoms with E-state index >= 15 is 0 Å². The van der Waals surface area contributed by atoms with Gasteiger partial charge >= 0.3 is 0 Å². The number of alkyl halides is 1. The van der Waals surface area contributed by atoms with Crippen molar-refractivity contribution in [3.8, 4) is 0 Å². The molecule has 0 aliphatic rings. The van der Waals surface area contributed by atoms with Gasteiger partial charge in [0.25, 0.3) is 0 Å². The summed E-state index contributed by atoms with van der Waals surface area (Å²) in [6.45, 7) is 0.770. The van der Waals surface area contributed by atoms with Crippen LogP contribution in [0.2, 0.25) is 0 Å². The Morgan fingerprint density at radius 2 is 2.00 bits per heavy atom. The molecule has 1 aromatic carbocycles. The first-order chi connectivity index (χ1) is 6.38. The lowest BCUT2D eigenvalue weighted by Gasteiger charge is -2.13. The largest absolute Gasteiger partial charge is 0.385 e. The summed E-state index contributed by atoms with van der Waals surface area (Å²) >= 11 is 5.88. The predicted molar refractivity (Wildman–Crippen MR) is 56.4 cm³/mol. The highest BCUT2D eigenvalue weighted by atomic mass is 35.5. The van der Waals surface area contributed by atoms with Crippen molar-refractivity contribution >= 4 is 11.6 Å². The average Bonchev–Trinajstić information content (AvgIpc) is 2.21. The van der Waals surface area contributed by atoms with Crippen molar-refractivity contribution < 1.29 is 4.74 Å². The lowest BCUT2D eigenvalue weighted by Crippen LogP contribution is -2.04. The Hall–Kier alpha value is -0.530. The lowest BCUT2D eigenvalue weighted by molar-refractivity contribution is 0.189. The van der Waals surface area contributed by atoms with Gasteiger partial charge in [-0.3, -0.25) is 0 Å². The van der Waals surface area contributed by atoms with Crippen molar-refractivity contribution in [2.45, 2.75) is 12.3 Å². The van der Waals surface area contributed by atoms with E-state index in [1.807, 2.05) is 18.2 Å². The third-order valence-corrected chi connectivity index (χ3v) is 2.50. The number of ether oxygens (including phenoxy) is 1. The minimum atomic E-state index is 0.419. The Morgan fingerprint density at radius 3 is 2.54 bits per heavy atom. The molecule has 0 aliphatic carbocycles. The number of methoxy groups -OCH3 is 1. The molecule has 1 rings (SSSR count). The molecule has 1 atom stereocenters. The first-order valence-electron chi connectivity index (χ1n) is 4.48. The van der Waals surface area contributed by atoms with Crippen LogP contribution in [0.1, 0.15) is 17.9 Å². The molecule has 0 aromatic heterocycles. The molecular weight excluding hydrogens is 184 g/mol. The quantitative estimate of drug-likeness (QED) is 0.661. The van der Waals surface area contributed by atoms with E-state index in [0.29, 0.717) is 11.8 Å². The van der Waals surface area contributed by atoms with Crippen molar-refractivity contribution in [3.05, 3.63) is 35.9 Å². The Morgan fingerprint density at radius 1 is 1.31 bits per heavy atom. The van der Waals surface area contributed by atoms with Gasteiger partial charge in [-0.15, -0.1) is 11.6 Å². The molecule has 2 heteroatoms. The maximum absolute atomic E-state index is 5.88. The van der Waals surface area contributed by atoms with Crippen molar-refractivity contribution in [1.82, 2.24) is 0 Å². The molecule has 1 nitrogen and oxygen atoms in total. The zero-order chi connectivity index (χ0) is 9.52. The summed E-state index contributed by atoms with van der Waals surface area (Å²) in [4.78, 5) is 0. The number of benzene rings is 1. The van der Waals surface area contributed by atoms with Crippen molar-refractivity contribution in [3.63, 3.8) is 0 Å². The maximum Gasteiger partial charge on any atom is 0.0468 e. The van der Waals surface area contributed by atoms with Crippen LogP contribution in [0.5, 0.6) is 0 Å². The van der Waals surface area contributed by atoms with Crippen molar-refractivity contribution in [2.24, 2.45) is 0 Å². The van der Waals surface area contributed by atoms with Crippen LogP contribution in [0.25, 0.3) is 0 Å². The van der Waals surface area contributed by atoms with Gasteiger partial charge in [-0.25, -0.2) is 0 Å². The lowest BCUT2D eigenvalue weighted by atomic mass is 9.98. The molecule has 0 fully saturated rings. The standard InChI is InChI=1S/C11H15ClO/c1-13-8-7-11(9-12)10-5-3-2-4-6-10/h2-6,11H,7-9H2,1H3. The highest BCUT2D eigenvalue weighted by Gasteiger charge is 2.08. The van der Waals surface area contributed by atoms with Crippen LogP contribution in [-0.4, -0.2) is 19.6 Å². The fourth-order valence-corrected chi connectivity index (χ4v) is 1.65. The van der Waals surface area contributed by atoms with E-state index in [9.17, 15) is 0 Å². The van der Waals surface area contributed by atoms with Crippen LogP contribution >= 0.6 is 11.6 Å². The average molecular weight is 199 g/mol. The predicted octanol–water partition coefficient (Wildman–Crippen LogP) is 3.05. The van der Waals surface area contributed by atoms with E-state index < -0.39 is 0 Å². The third kappa shape index (κ3) is 3.37. The van der Waals surface area contributed by atoms with Crippen LogP contribution in [0.3, 0.4) is 0 Å². The molecule has 13 heavy (non-hydrogen) atoms. The fourth-order valence-electron chi connectivity index (χ4n) is 1.32. The third-order valence-electron chi connectivity index (χ3n) is 2.13. The van der Waals surface area contributed by atoms with Gasteiger partial charge in [0.05, 0.1) is 0 Å². The fraction of sp³-hybridized carbons (Fsp3) is 0.455. The second-order valence-electron chi connectivity index (χ2n) is 3.04. The molecule has 1 aromatic rings. The molecule has 0 radical (unpaired) electrons. The Kier molecular flexibility index (Phi) is 4.87. The van der Waals surface area contributed by atoms with Gasteiger partial charge in [0.15, 0.2) is 0 Å². The molecule has 1 unspecified atom stereocenters. The van der Waals surface area contributed by atoms with Crippen LogP contribution < -0.4 is 0 Å². The maximum atomic E-state index is 5.88. The summed E-state index contributed by atoms with van der Waals surface area (Å²) in [5, 5.41) is 0. The summed E-state index contributed by atoms with van der Waals surface area (Å²) < 4.78 is 5.04. The Bertz CT molecular complexity index is 223. The van der Waals surface area contributed by atoms with Gasteiger partial charge in [0.1, 0.15) is 0 Å². The van der Waals surface area contributed by atoms with Gasteiger partial charge in [-0.1, -0.05) is 30.3 Å². The second kappa shape index (κ2) is 6.01. The van der Waals surface area contributed by atoms with Gasteiger partial charge < -0.3 is 4.74 Å². The summed E-state index contributed by atoms with van der Waals surface area (Å²) in [6.07, 6.45) is 0.990. The van der Waals surface area contributed by atoms with Gasteiger partial charge in [-0.2, -0.15) is 0 Å². The molecule has 0 amide bonds. The molecule has 0 bridgehead atoms. The smallest absolute Gasteiger partial charge is 0.0468 e. The van der Waals surface area contributed by atoms with E-state index in [1.54, 1.807) is 7.11 Å². The molecule has 0 saturated carbocycles. The molecule has 0 spiro atoms. The van der Waals surface area contributed by atoms with Crippen molar-refractivity contribution in [2.75, 3.05) is 19.6 Å². The zero-order valence-electron chi connectivity index (χ0n) is 7.87. The van der Waals surface area contributed by atoms with Crippen LogP contribution in [0, 0.1) is 0 Å². The summed E-state index contributed by atoms with van der Waals surface area (Å²) in [7, 11) is 1.72. The van der Waals surface area contributed by atoms with E-state index in [4.69, 9.17) is 16.3 Å². The van der Waals surface area contributed by atoms with E-state index in [2.05, 4.69) is 12.1 Å². The van der Waals surface area contributed by atoms with Crippen LogP contribution in [0.15, 0.2) is 30.3 Å². The van der Waals surface area contributed by atoms with Crippen LogP contribution in [-0.2, 0) is 4.74 Å². The number of hydrogen-bond acceptors (Lipinski definition) is 1. The van der Waals surface area contributed by atoms with Crippen molar-refractivity contribution in [1.29, 1.82) is 0 Å². The first-order valence-corrected chi connectivity index (χ1v) is 5.01. The van der Waals surface area contributed by atoms with E-state index in [1.165, 1.54) is 5.56 Å². The highest BCUT2D eigenvalue weighted by Crippen LogP contribution is 2.20. The minimum absolute atomic E-state index is 0.419. The molecular formula is C11H15ClO. The normalized spacial score (nSPS) is 12.8. The van der Waals surface area contributed by atoms with Gasteiger partial charge in [0.2, 0.25) is 0 Å².